The number of nitrogens with one attached hydrogen (secondary N) is 2. The Hall–Kier alpha value is -4.24. The quantitative estimate of drug-likeness (QED) is 0.214. The van der Waals surface area contributed by atoms with Gasteiger partial charge in [-0.25, -0.2) is 9.97 Å². The Morgan fingerprint density at radius 1 is 0.882 bits per heavy atom. The summed E-state index contributed by atoms with van der Waals surface area (Å²) in [6, 6.07) is 23.8. The Morgan fingerprint density at radius 3 is 2.53 bits per heavy atom. The second kappa shape index (κ2) is 9.72. The number of hydroxylamine groups is 1. The first-order chi connectivity index (χ1) is 16.7. The molecule has 0 saturated carbocycles. The van der Waals surface area contributed by atoms with Gasteiger partial charge in [-0.3, -0.25) is 9.97 Å². The first-order valence-electron chi connectivity index (χ1n) is 10.8. The third-order valence-corrected chi connectivity index (χ3v) is 5.49. The highest BCUT2D eigenvalue weighted by Gasteiger charge is 2.15. The summed E-state index contributed by atoms with van der Waals surface area (Å²) in [7, 11) is 0. The lowest BCUT2D eigenvalue weighted by atomic mass is 10.0. The fourth-order valence-corrected chi connectivity index (χ4v) is 3.80. The average molecular weight is 450 g/mol. The van der Waals surface area contributed by atoms with Crippen LogP contribution in [0.2, 0.25) is 0 Å². The Bertz CT molecular complexity index is 1410. The van der Waals surface area contributed by atoms with Crippen LogP contribution >= 0.6 is 0 Å². The zero-order valence-corrected chi connectivity index (χ0v) is 18.3. The first-order valence-corrected chi connectivity index (χ1v) is 10.8. The average Bonchev–Trinajstić information content (AvgIpc) is 2.92. The Kier molecular flexibility index (Phi) is 6.17. The molecule has 0 aliphatic rings. The third-order valence-electron chi connectivity index (χ3n) is 5.49. The highest BCUT2D eigenvalue weighted by molar-refractivity contribution is 6.02. The number of benzene rings is 2. The predicted octanol–water partition coefficient (Wildman–Crippen LogP) is 4.30. The third kappa shape index (κ3) is 4.46. The highest BCUT2D eigenvalue weighted by atomic mass is 16.5. The second-order valence-electron chi connectivity index (χ2n) is 7.75. The van der Waals surface area contributed by atoms with Crippen molar-refractivity contribution in [1.29, 1.82) is 0 Å². The van der Waals surface area contributed by atoms with E-state index in [0.717, 1.165) is 27.7 Å². The number of nitrogens with zero attached hydrogens (tertiary/aromatic N) is 4. The molecule has 3 aromatic heterocycles. The van der Waals surface area contributed by atoms with Crippen LogP contribution in [-0.4, -0.2) is 25.1 Å². The van der Waals surface area contributed by atoms with Gasteiger partial charge in [0, 0.05) is 29.7 Å². The predicted molar refractivity (Wildman–Crippen MR) is 132 cm³/mol. The van der Waals surface area contributed by atoms with Crippen molar-refractivity contribution >= 4 is 16.7 Å². The van der Waals surface area contributed by atoms with Crippen molar-refractivity contribution in [3.8, 4) is 22.5 Å². The van der Waals surface area contributed by atoms with Crippen LogP contribution in [0.1, 0.15) is 17.4 Å². The van der Waals surface area contributed by atoms with Crippen molar-refractivity contribution in [2.45, 2.75) is 12.7 Å². The van der Waals surface area contributed by atoms with Crippen LogP contribution in [0.5, 0.6) is 0 Å². The zero-order valence-electron chi connectivity index (χ0n) is 18.3. The number of aromatic nitrogens is 4. The number of nitrogens with two attached hydrogens (primary N) is 1. The van der Waals surface area contributed by atoms with E-state index >= 15 is 0 Å². The van der Waals surface area contributed by atoms with E-state index in [-0.39, 0.29) is 0 Å². The van der Waals surface area contributed by atoms with Crippen LogP contribution in [0.25, 0.3) is 33.4 Å². The second-order valence-corrected chi connectivity index (χ2v) is 7.75. The van der Waals surface area contributed by atoms with Gasteiger partial charge in [0.15, 0.2) is 5.82 Å². The Balaban J connectivity index is 1.66. The van der Waals surface area contributed by atoms with Crippen molar-refractivity contribution in [1.82, 2.24) is 25.4 Å². The van der Waals surface area contributed by atoms with Crippen molar-refractivity contribution < 1.29 is 5.21 Å². The van der Waals surface area contributed by atoms with Crippen molar-refractivity contribution in [3.63, 3.8) is 0 Å². The van der Waals surface area contributed by atoms with Crippen LogP contribution in [0.15, 0.2) is 91.4 Å². The van der Waals surface area contributed by atoms with Crippen LogP contribution in [0.4, 0.5) is 5.82 Å². The number of fused-ring (bicyclic) bond motifs is 1. The van der Waals surface area contributed by atoms with Crippen LogP contribution < -0.4 is 16.5 Å². The molecule has 5 rings (SSSR count). The van der Waals surface area contributed by atoms with E-state index in [4.69, 9.17) is 15.7 Å². The van der Waals surface area contributed by atoms with Gasteiger partial charge < -0.3 is 16.3 Å². The lowest BCUT2D eigenvalue weighted by Gasteiger charge is -2.15. The van der Waals surface area contributed by atoms with Crippen LogP contribution in [0.3, 0.4) is 0 Å². The maximum absolute atomic E-state index is 9.20. The molecular formula is C26H23N7O. The number of rotatable bonds is 7. The molecule has 1 atom stereocenters. The summed E-state index contributed by atoms with van der Waals surface area (Å²) in [5, 5.41) is 13.6. The normalized spacial score (nSPS) is 11.9. The highest BCUT2D eigenvalue weighted by Crippen LogP contribution is 2.34. The molecule has 34 heavy (non-hydrogen) atoms. The van der Waals surface area contributed by atoms with E-state index in [0.29, 0.717) is 29.3 Å². The fourth-order valence-electron chi connectivity index (χ4n) is 3.80. The van der Waals surface area contributed by atoms with Crippen molar-refractivity contribution in [3.05, 3.63) is 103 Å². The molecule has 168 valence electrons. The minimum Gasteiger partial charge on any atom is -0.364 e. The summed E-state index contributed by atoms with van der Waals surface area (Å²) in [4.78, 5) is 18.4. The summed E-state index contributed by atoms with van der Waals surface area (Å²) < 4.78 is 0. The number of hydrogen-bond acceptors (Lipinski definition) is 8. The zero-order chi connectivity index (χ0) is 23.3. The monoisotopic (exact) mass is 449 g/mol. The molecule has 0 bridgehead atoms. The van der Waals surface area contributed by atoms with E-state index in [9.17, 15) is 5.21 Å². The molecule has 0 aliphatic heterocycles. The van der Waals surface area contributed by atoms with Gasteiger partial charge in [-0.2, -0.15) is 5.48 Å². The van der Waals surface area contributed by atoms with E-state index < -0.39 is 6.17 Å². The fraction of sp³-hybridized carbons (Fsp3) is 0.0769. The van der Waals surface area contributed by atoms with Gasteiger partial charge in [-0.1, -0.05) is 48.5 Å². The molecule has 5 aromatic rings. The summed E-state index contributed by atoms with van der Waals surface area (Å²) in [5.41, 5.74) is 13.1. The molecule has 0 aliphatic carbocycles. The largest absolute Gasteiger partial charge is 0.364 e. The van der Waals surface area contributed by atoms with E-state index in [1.165, 1.54) is 0 Å². The topological polar surface area (TPSA) is 122 Å². The van der Waals surface area contributed by atoms with Gasteiger partial charge >= 0.3 is 0 Å². The van der Waals surface area contributed by atoms with Gasteiger partial charge in [-0.15, -0.1) is 0 Å². The molecule has 0 radical (unpaired) electrons. The van der Waals surface area contributed by atoms with Crippen LogP contribution in [-0.2, 0) is 6.54 Å². The van der Waals surface area contributed by atoms with Crippen molar-refractivity contribution in [2.24, 2.45) is 5.73 Å². The lowest BCUT2D eigenvalue weighted by molar-refractivity contribution is 0.128. The van der Waals surface area contributed by atoms with E-state index in [2.05, 4.69) is 33.5 Å². The Labute approximate surface area is 196 Å². The molecule has 0 spiro atoms. The number of pyridine rings is 2. The molecule has 0 saturated heterocycles. The summed E-state index contributed by atoms with van der Waals surface area (Å²) in [6.07, 6.45) is 4.27. The van der Waals surface area contributed by atoms with Crippen molar-refractivity contribution in [2.75, 3.05) is 5.32 Å². The molecule has 0 fully saturated rings. The molecule has 8 nitrogen and oxygen atoms in total. The minimum atomic E-state index is -0.764. The molecule has 3 heterocycles. The smallest absolute Gasteiger partial charge is 0.163 e. The van der Waals surface area contributed by atoms with Gasteiger partial charge in [0.25, 0.3) is 0 Å². The van der Waals surface area contributed by atoms with Gasteiger partial charge in [0.1, 0.15) is 12.0 Å². The molecule has 0 amide bonds. The van der Waals surface area contributed by atoms with Gasteiger partial charge in [0.05, 0.1) is 23.1 Å². The molecular weight excluding hydrogens is 426 g/mol. The molecule has 8 heteroatoms. The maximum atomic E-state index is 9.20. The summed E-state index contributed by atoms with van der Waals surface area (Å²) in [6.45, 7) is 0.507. The molecule has 1 unspecified atom stereocenters. The minimum absolute atomic E-state index is 0.501. The summed E-state index contributed by atoms with van der Waals surface area (Å²) in [5.74, 6) is 1.20. The standard InChI is InChI=1S/C26H23N7O/c27-24(33-34)18-13-19(15-28-14-18)25-31-22-11-6-10-21(17-7-2-1-3-8-17)23(22)26(32-25)30-16-20-9-4-5-12-29-20/h1-15,24,33-34H,16,27H2,(H,30,31,32). The SMILES string of the molecule is NC(NO)c1cncc(-c2nc(NCc3ccccn3)c3c(-c4ccccc4)cccc3n2)c1. The number of anilines is 1. The van der Waals surface area contributed by atoms with Gasteiger partial charge in [0.2, 0.25) is 0 Å². The Morgan fingerprint density at radius 2 is 1.74 bits per heavy atom. The van der Waals surface area contributed by atoms with E-state index in [1.807, 2.05) is 60.1 Å². The number of hydrogen-bond donors (Lipinski definition) is 4. The molecule has 5 N–H and O–H groups in total. The lowest BCUT2D eigenvalue weighted by Crippen LogP contribution is -2.25. The van der Waals surface area contributed by atoms with Crippen LogP contribution in [0, 0.1) is 0 Å². The van der Waals surface area contributed by atoms with Gasteiger partial charge in [-0.05, 0) is 35.4 Å². The first kappa shape index (κ1) is 21.6. The molecule has 2 aromatic carbocycles. The van der Waals surface area contributed by atoms with E-state index in [1.54, 1.807) is 18.6 Å². The summed E-state index contributed by atoms with van der Waals surface area (Å²) >= 11 is 0. The maximum Gasteiger partial charge on any atom is 0.163 e.